The number of ketones is 2. The first-order valence-electron chi connectivity index (χ1n) is 11.5. The molecule has 5 rings (SSSR count). The quantitative estimate of drug-likeness (QED) is 0.526. The van der Waals surface area contributed by atoms with Crippen molar-refractivity contribution in [1.29, 1.82) is 0 Å². The monoisotopic (exact) mass is 497 g/mol. The van der Waals surface area contributed by atoms with E-state index in [1.165, 1.54) is 0 Å². The van der Waals surface area contributed by atoms with E-state index in [0.29, 0.717) is 34.4 Å². The summed E-state index contributed by atoms with van der Waals surface area (Å²) in [6, 6.07) is 10.9. The number of benzene rings is 2. The molecule has 1 heterocycles. The number of carbonyl (C=O) groups is 2. The van der Waals surface area contributed by atoms with Crippen LogP contribution >= 0.6 is 23.2 Å². The molecule has 0 spiro atoms. The smallest absolute Gasteiger partial charge is 0.161 e. The van der Waals surface area contributed by atoms with Crippen molar-refractivity contribution in [1.82, 2.24) is 5.32 Å². The van der Waals surface area contributed by atoms with Crippen LogP contribution < -0.4 is 14.8 Å². The molecule has 7 heteroatoms. The largest absolute Gasteiger partial charge is 0.493 e. The maximum absolute atomic E-state index is 13.0. The van der Waals surface area contributed by atoms with Crippen molar-refractivity contribution in [2.45, 2.75) is 51.0 Å². The van der Waals surface area contributed by atoms with Gasteiger partial charge in [-0.15, -0.1) is 0 Å². The van der Waals surface area contributed by atoms with Gasteiger partial charge in [-0.1, -0.05) is 35.3 Å². The summed E-state index contributed by atoms with van der Waals surface area (Å²) in [6.45, 7) is 0.251. The summed E-state index contributed by atoms with van der Waals surface area (Å²) in [5, 5.41) is 4.54. The molecule has 2 aromatic carbocycles. The summed E-state index contributed by atoms with van der Waals surface area (Å²) in [7, 11) is 1.58. The van der Waals surface area contributed by atoms with Crippen LogP contribution in [0, 0.1) is 0 Å². The van der Waals surface area contributed by atoms with Crippen LogP contribution in [-0.4, -0.2) is 18.7 Å². The average Bonchev–Trinajstić information content (AvgIpc) is 2.82. The van der Waals surface area contributed by atoms with E-state index < -0.39 is 0 Å². The molecule has 3 aliphatic rings. The van der Waals surface area contributed by atoms with Gasteiger partial charge in [0, 0.05) is 56.9 Å². The number of dihydropyridines is 1. The van der Waals surface area contributed by atoms with Gasteiger partial charge in [0.1, 0.15) is 6.61 Å². The number of hydrogen-bond donors (Lipinski definition) is 1. The second kappa shape index (κ2) is 9.47. The van der Waals surface area contributed by atoms with Gasteiger partial charge in [-0.05, 0) is 55.5 Å². The fourth-order valence-corrected chi connectivity index (χ4v) is 5.56. The van der Waals surface area contributed by atoms with Crippen molar-refractivity contribution < 1.29 is 19.1 Å². The van der Waals surface area contributed by atoms with E-state index in [2.05, 4.69) is 5.32 Å². The van der Waals surface area contributed by atoms with Crippen molar-refractivity contribution >= 4 is 34.8 Å². The van der Waals surface area contributed by atoms with Crippen molar-refractivity contribution in [3.8, 4) is 11.5 Å². The molecular weight excluding hydrogens is 473 g/mol. The summed E-state index contributed by atoms with van der Waals surface area (Å²) >= 11 is 12.3. The molecule has 0 atom stereocenters. The Balaban J connectivity index is 1.51. The molecule has 0 bridgehead atoms. The first kappa shape index (κ1) is 23.0. The van der Waals surface area contributed by atoms with E-state index >= 15 is 0 Å². The van der Waals surface area contributed by atoms with Crippen molar-refractivity contribution in [3.63, 3.8) is 0 Å². The van der Waals surface area contributed by atoms with Gasteiger partial charge < -0.3 is 14.8 Å². The molecule has 0 saturated carbocycles. The van der Waals surface area contributed by atoms with Crippen molar-refractivity contribution in [2.24, 2.45) is 0 Å². The SMILES string of the molecule is COc1cc(C2C3=C(CCCC3=O)NC3=C2C(=O)CCC3)ccc1OCc1ccc(Cl)cc1Cl. The zero-order valence-electron chi connectivity index (χ0n) is 18.9. The molecule has 0 amide bonds. The third-order valence-electron chi connectivity index (χ3n) is 6.71. The Hall–Kier alpha value is -2.76. The van der Waals surface area contributed by atoms with Crippen LogP contribution in [0.25, 0.3) is 0 Å². The summed E-state index contributed by atoms with van der Waals surface area (Å²) in [4.78, 5) is 26.0. The Morgan fingerprint density at radius 1 is 0.882 bits per heavy atom. The summed E-state index contributed by atoms with van der Waals surface area (Å²) in [6.07, 6.45) is 4.32. The molecule has 0 fully saturated rings. The average molecular weight is 498 g/mol. The third-order valence-corrected chi connectivity index (χ3v) is 7.30. The molecule has 0 unspecified atom stereocenters. The lowest BCUT2D eigenvalue weighted by Crippen LogP contribution is -2.36. The van der Waals surface area contributed by atoms with Crippen LogP contribution in [0.15, 0.2) is 58.9 Å². The van der Waals surface area contributed by atoms with Crippen molar-refractivity contribution in [3.05, 3.63) is 80.1 Å². The highest BCUT2D eigenvalue weighted by Crippen LogP contribution is 2.46. The number of rotatable bonds is 5. The topological polar surface area (TPSA) is 64.6 Å². The highest BCUT2D eigenvalue weighted by Gasteiger charge is 2.40. The van der Waals surface area contributed by atoms with Gasteiger partial charge >= 0.3 is 0 Å². The van der Waals surface area contributed by atoms with Crippen LogP contribution in [0.2, 0.25) is 10.0 Å². The highest BCUT2D eigenvalue weighted by molar-refractivity contribution is 6.35. The number of hydrogen-bond acceptors (Lipinski definition) is 5. The Labute approximate surface area is 208 Å². The fourth-order valence-electron chi connectivity index (χ4n) is 5.09. The van der Waals surface area contributed by atoms with E-state index in [0.717, 1.165) is 59.4 Å². The minimum atomic E-state index is -0.375. The van der Waals surface area contributed by atoms with Gasteiger partial charge in [-0.2, -0.15) is 0 Å². The van der Waals surface area contributed by atoms with Gasteiger partial charge in [-0.3, -0.25) is 9.59 Å². The Morgan fingerprint density at radius 2 is 1.56 bits per heavy atom. The normalized spacial score (nSPS) is 18.4. The zero-order valence-corrected chi connectivity index (χ0v) is 20.4. The van der Waals surface area contributed by atoms with Crippen LogP contribution in [0.3, 0.4) is 0 Å². The van der Waals surface area contributed by atoms with E-state index in [-0.39, 0.29) is 24.1 Å². The number of ether oxygens (including phenoxy) is 2. The third kappa shape index (κ3) is 4.23. The maximum atomic E-state index is 13.0. The minimum Gasteiger partial charge on any atom is -0.493 e. The second-order valence-corrected chi connectivity index (χ2v) is 9.67. The van der Waals surface area contributed by atoms with E-state index in [9.17, 15) is 9.59 Å². The maximum Gasteiger partial charge on any atom is 0.161 e. The van der Waals surface area contributed by atoms with Crippen molar-refractivity contribution in [2.75, 3.05) is 7.11 Å². The summed E-state index contributed by atoms with van der Waals surface area (Å²) < 4.78 is 11.7. The lowest BCUT2D eigenvalue weighted by Gasteiger charge is -2.37. The molecule has 1 N–H and O–H groups in total. The number of Topliss-reactive ketones (excluding diaryl/α,β-unsaturated/α-hetero) is 2. The van der Waals surface area contributed by atoms with Crippen LogP contribution in [0.1, 0.15) is 55.6 Å². The predicted octanol–water partition coefficient (Wildman–Crippen LogP) is 6.28. The molecule has 0 radical (unpaired) electrons. The molecule has 2 aromatic rings. The van der Waals surface area contributed by atoms with E-state index in [1.54, 1.807) is 19.2 Å². The first-order valence-corrected chi connectivity index (χ1v) is 12.3. The zero-order chi connectivity index (χ0) is 23.8. The first-order chi connectivity index (χ1) is 16.5. The van der Waals surface area contributed by atoms with Crippen LogP contribution in [0.5, 0.6) is 11.5 Å². The number of methoxy groups -OCH3 is 1. The van der Waals surface area contributed by atoms with E-state index in [4.69, 9.17) is 32.7 Å². The number of nitrogens with one attached hydrogen (secondary N) is 1. The summed E-state index contributed by atoms with van der Waals surface area (Å²) in [5.74, 6) is 0.942. The second-order valence-electron chi connectivity index (χ2n) is 8.83. The van der Waals surface area contributed by atoms with Gasteiger partial charge in [0.05, 0.1) is 7.11 Å². The van der Waals surface area contributed by atoms with E-state index in [1.807, 2.05) is 24.3 Å². The van der Waals surface area contributed by atoms with Gasteiger partial charge in [0.25, 0.3) is 0 Å². The minimum absolute atomic E-state index is 0.111. The molecule has 0 aromatic heterocycles. The number of carbonyl (C=O) groups excluding carboxylic acids is 2. The number of allylic oxidation sites excluding steroid dienone is 4. The molecule has 34 heavy (non-hydrogen) atoms. The standard InChI is InChI=1S/C27H25Cl2NO4/c1-33-24-12-15(9-11-23(24)34-14-16-8-10-17(28)13-18(16)29)25-26-19(4-2-6-21(26)31)30-20-5-3-7-22(32)27(20)25/h8-13,25,30H,2-7,14H2,1H3. The molecule has 2 aliphatic carbocycles. The number of halogens is 2. The Morgan fingerprint density at radius 3 is 2.18 bits per heavy atom. The lowest BCUT2D eigenvalue weighted by atomic mass is 9.71. The molecule has 0 saturated heterocycles. The molecule has 5 nitrogen and oxygen atoms in total. The Kier molecular flexibility index (Phi) is 6.41. The van der Waals surface area contributed by atoms with Gasteiger partial charge in [0.2, 0.25) is 0 Å². The predicted molar refractivity (Wildman–Crippen MR) is 131 cm³/mol. The highest BCUT2D eigenvalue weighted by atomic mass is 35.5. The summed E-state index contributed by atoms with van der Waals surface area (Å²) in [5.41, 5.74) is 5.05. The Bertz CT molecular complexity index is 1210. The van der Waals surface area contributed by atoms with Crippen LogP contribution in [0.4, 0.5) is 0 Å². The van der Waals surface area contributed by atoms with Gasteiger partial charge in [0.15, 0.2) is 23.1 Å². The fraction of sp³-hybridized carbons (Fsp3) is 0.333. The molecule has 176 valence electrons. The van der Waals surface area contributed by atoms with Crippen LogP contribution in [-0.2, 0) is 16.2 Å². The molecular formula is C27H25Cl2NO4. The molecule has 1 aliphatic heterocycles. The van der Waals surface area contributed by atoms with Gasteiger partial charge in [-0.25, -0.2) is 0 Å². The lowest BCUT2D eigenvalue weighted by molar-refractivity contribution is -0.116.